The van der Waals surface area contributed by atoms with E-state index in [1.807, 2.05) is 65.8 Å². The summed E-state index contributed by atoms with van der Waals surface area (Å²) in [6.45, 7) is 11.3. The number of carbonyl (C=O) groups excluding carboxylic acids is 3. The molecule has 184 valence electrons. The molecule has 1 aromatic rings. The number of carbonyl (C=O) groups is 3. The van der Waals surface area contributed by atoms with Gasteiger partial charge in [-0.1, -0.05) is 32.0 Å². The first-order valence-electron chi connectivity index (χ1n) is 11.9. The molecule has 1 N–H and O–H groups in total. The van der Waals surface area contributed by atoms with Gasteiger partial charge in [-0.3, -0.25) is 9.59 Å². The van der Waals surface area contributed by atoms with Crippen molar-refractivity contribution in [3.8, 4) is 5.75 Å². The lowest BCUT2D eigenvalue weighted by atomic mass is 9.69. The van der Waals surface area contributed by atoms with Crippen molar-refractivity contribution in [2.45, 2.75) is 72.5 Å². The van der Waals surface area contributed by atoms with Crippen molar-refractivity contribution < 1.29 is 28.6 Å². The number of rotatable bonds is 7. The smallest absolute Gasteiger partial charge is 0.337 e. The number of para-hydroxylation sites is 1. The van der Waals surface area contributed by atoms with Gasteiger partial charge in [0.2, 0.25) is 0 Å². The number of benzene rings is 1. The van der Waals surface area contributed by atoms with Gasteiger partial charge in [-0.15, -0.1) is 0 Å². The molecule has 7 heteroatoms. The van der Waals surface area contributed by atoms with E-state index in [9.17, 15) is 14.4 Å². The van der Waals surface area contributed by atoms with E-state index < -0.39 is 23.8 Å². The van der Waals surface area contributed by atoms with Crippen LogP contribution in [-0.4, -0.2) is 37.0 Å². The van der Waals surface area contributed by atoms with Gasteiger partial charge in [0.25, 0.3) is 0 Å². The highest BCUT2D eigenvalue weighted by Gasteiger charge is 2.48. The Hall–Kier alpha value is -3.09. The second kappa shape index (κ2) is 10.5. The Morgan fingerprint density at radius 1 is 1.18 bits per heavy atom. The van der Waals surface area contributed by atoms with Crippen LogP contribution >= 0.6 is 0 Å². The molecule has 3 rings (SSSR count). The Morgan fingerprint density at radius 2 is 1.85 bits per heavy atom. The first-order valence-corrected chi connectivity index (χ1v) is 11.9. The number of ether oxygens (including phenoxy) is 3. The third-order valence-electron chi connectivity index (χ3n) is 6.44. The molecular formula is C27H35NO6. The van der Waals surface area contributed by atoms with Crippen LogP contribution in [-0.2, 0) is 23.9 Å². The molecule has 0 unspecified atom stereocenters. The highest BCUT2D eigenvalue weighted by Crippen LogP contribution is 2.47. The summed E-state index contributed by atoms with van der Waals surface area (Å²) in [5.41, 5.74) is 2.79. The van der Waals surface area contributed by atoms with Crippen molar-refractivity contribution >= 4 is 17.7 Å². The maximum Gasteiger partial charge on any atom is 0.337 e. The lowest BCUT2D eigenvalue weighted by Gasteiger charge is -2.38. The average Bonchev–Trinajstić information content (AvgIpc) is 2.77. The molecule has 7 nitrogen and oxygen atoms in total. The van der Waals surface area contributed by atoms with Crippen molar-refractivity contribution in [1.82, 2.24) is 5.32 Å². The molecule has 0 aromatic heterocycles. The van der Waals surface area contributed by atoms with Crippen LogP contribution in [0.3, 0.4) is 0 Å². The Bertz CT molecular complexity index is 1040. The minimum absolute atomic E-state index is 0.109. The zero-order valence-electron chi connectivity index (χ0n) is 21.1. The SMILES string of the molecule is CC[C@H](C)OC(=O)C1=C(C)NC2=C(C(=O)[C@H](C(=O)OC)[C@H](C)C2)[C@@H]1c1ccccc1OC(C)C. The van der Waals surface area contributed by atoms with E-state index in [0.717, 1.165) is 5.70 Å². The maximum atomic E-state index is 13.8. The van der Waals surface area contributed by atoms with Gasteiger partial charge in [0.1, 0.15) is 11.7 Å². The third kappa shape index (κ3) is 4.88. The second-order valence-electron chi connectivity index (χ2n) is 9.36. The van der Waals surface area contributed by atoms with Gasteiger partial charge in [0.05, 0.1) is 30.8 Å². The number of dihydropyridines is 1. The molecule has 0 saturated heterocycles. The zero-order chi connectivity index (χ0) is 25.2. The fraction of sp³-hybridized carbons (Fsp3) is 0.519. The van der Waals surface area contributed by atoms with Crippen LogP contribution in [0.15, 0.2) is 46.8 Å². The van der Waals surface area contributed by atoms with Crippen LogP contribution in [0.5, 0.6) is 5.75 Å². The maximum absolute atomic E-state index is 13.8. The molecule has 1 heterocycles. The molecule has 0 saturated carbocycles. The molecule has 0 radical (unpaired) electrons. The van der Waals surface area contributed by atoms with E-state index in [4.69, 9.17) is 14.2 Å². The van der Waals surface area contributed by atoms with Crippen LogP contribution in [0.25, 0.3) is 0 Å². The molecule has 0 bridgehead atoms. The molecule has 0 amide bonds. The molecular weight excluding hydrogens is 434 g/mol. The van der Waals surface area contributed by atoms with Crippen molar-refractivity contribution in [2.24, 2.45) is 11.8 Å². The van der Waals surface area contributed by atoms with Gasteiger partial charge in [0.15, 0.2) is 5.78 Å². The monoisotopic (exact) mass is 469 g/mol. The molecule has 1 aliphatic carbocycles. The molecule has 0 fully saturated rings. The summed E-state index contributed by atoms with van der Waals surface area (Å²) >= 11 is 0. The Kier molecular flexibility index (Phi) is 7.85. The summed E-state index contributed by atoms with van der Waals surface area (Å²) in [5.74, 6) is -2.71. The molecule has 4 atom stereocenters. The van der Waals surface area contributed by atoms with Crippen LogP contribution < -0.4 is 10.1 Å². The second-order valence-corrected chi connectivity index (χ2v) is 9.36. The summed E-state index contributed by atoms with van der Waals surface area (Å²) in [5, 5.41) is 3.28. The predicted molar refractivity (Wildman–Crippen MR) is 128 cm³/mol. The Balaban J connectivity index is 2.22. The first kappa shape index (κ1) is 25.5. The topological polar surface area (TPSA) is 90.9 Å². The van der Waals surface area contributed by atoms with E-state index in [1.165, 1.54) is 7.11 Å². The summed E-state index contributed by atoms with van der Waals surface area (Å²) in [6.07, 6.45) is 0.755. The van der Waals surface area contributed by atoms with E-state index >= 15 is 0 Å². The lowest BCUT2D eigenvalue weighted by molar-refractivity contribution is -0.151. The van der Waals surface area contributed by atoms with Gasteiger partial charge in [0, 0.05) is 22.5 Å². The van der Waals surface area contributed by atoms with Gasteiger partial charge < -0.3 is 19.5 Å². The summed E-state index contributed by atoms with van der Waals surface area (Å²) < 4.78 is 16.7. The molecule has 34 heavy (non-hydrogen) atoms. The van der Waals surface area contributed by atoms with Gasteiger partial charge in [-0.2, -0.15) is 0 Å². The van der Waals surface area contributed by atoms with Crippen molar-refractivity contribution in [3.63, 3.8) is 0 Å². The highest BCUT2D eigenvalue weighted by molar-refractivity contribution is 6.12. The van der Waals surface area contributed by atoms with Crippen molar-refractivity contribution in [3.05, 3.63) is 52.4 Å². The molecule has 1 aromatic carbocycles. The van der Waals surface area contributed by atoms with E-state index in [1.54, 1.807) is 0 Å². The number of ketones is 1. The van der Waals surface area contributed by atoms with Crippen molar-refractivity contribution in [2.75, 3.05) is 7.11 Å². The van der Waals surface area contributed by atoms with Gasteiger partial charge >= 0.3 is 11.9 Å². The number of allylic oxidation sites excluding steroid dienone is 3. The summed E-state index contributed by atoms with van der Waals surface area (Å²) in [4.78, 5) is 39.8. The van der Waals surface area contributed by atoms with Crippen LogP contribution in [0.4, 0.5) is 0 Å². The highest BCUT2D eigenvalue weighted by atomic mass is 16.5. The standard InChI is InChI=1S/C27H35NO6/c1-8-16(5)34-27(31)22-17(6)28-19-13-15(4)21(26(30)32-7)25(29)24(19)23(22)18-11-9-10-12-20(18)33-14(2)3/h9-12,14-16,21,23,28H,8,13H2,1-7H3/t15-,16+,21-,23-/m1/s1. The van der Waals surface area contributed by atoms with E-state index in [0.29, 0.717) is 41.0 Å². The molecule has 0 spiro atoms. The van der Waals surface area contributed by atoms with Crippen LogP contribution in [0.1, 0.15) is 65.9 Å². The molecule has 1 aliphatic heterocycles. The average molecular weight is 470 g/mol. The lowest BCUT2D eigenvalue weighted by Crippen LogP contribution is -2.43. The number of esters is 2. The third-order valence-corrected chi connectivity index (χ3v) is 6.44. The van der Waals surface area contributed by atoms with Gasteiger partial charge in [-0.25, -0.2) is 4.79 Å². The Labute approximate surface area is 201 Å². The zero-order valence-corrected chi connectivity index (χ0v) is 21.1. The van der Waals surface area contributed by atoms with Crippen LogP contribution in [0, 0.1) is 11.8 Å². The largest absolute Gasteiger partial charge is 0.491 e. The predicted octanol–water partition coefficient (Wildman–Crippen LogP) is 4.43. The van der Waals surface area contributed by atoms with Crippen LogP contribution in [0.2, 0.25) is 0 Å². The number of nitrogens with one attached hydrogen (secondary N) is 1. The number of Topliss-reactive ketones (excluding diaryl/α,β-unsaturated/α-hetero) is 1. The van der Waals surface area contributed by atoms with Gasteiger partial charge in [-0.05, 0) is 52.5 Å². The van der Waals surface area contributed by atoms with E-state index in [-0.39, 0.29) is 23.9 Å². The number of methoxy groups -OCH3 is 1. The fourth-order valence-electron chi connectivity index (χ4n) is 4.67. The first-order chi connectivity index (χ1) is 16.1. The molecule has 2 aliphatic rings. The summed E-state index contributed by atoms with van der Waals surface area (Å²) in [7, 11) is 1.29. The number of hydrogen-bond acceptors (Lipinski definition) is 7. The quantitative estimate of drug-likeness (QED) is 0.467. The fourth-order valence-corrected chi connectivity index (χ4v) is 4.67. The van der Waals surface area contributed by atoms with Crippen molar-refractivity contribution in [1.29, 1.82) is 0 Å². The normalized spacial score (nSPS) is 23.3. The summed E-state index contributed by atoms with van der Waals surface area (Å²) in [6, 6.07) is 7.40. The van der Waals surface area contributed by atoms with E-state index in [2.05, 4.69) is 5.32 Å². The minimum Gasteiger partial charge on any atom is -0.491 e. The Morgan fingerprint density at radius 3 is 2.47 bits per heavy atom. The minimum atomic E-state index is -0.934. The number of hydrogen-bond donors (Lipinski definition) is 1.